The summed E-state index contributed by atoms with van der Waals surface area (Å²) in [6.45, 7) is 5.74. The Morgan fingerprint density at radius 2 is 1.81 bits per heavy atom. The number of nitrogens with zero attached hydrogens (tertiary/aromatic N) is 3. The molecule has 0 saturated carbocycles. The van der Waals surface area contributed by atoms with Gasteiger partial charge in [0.05, 0.1) is 24.9 Å². The molecular weight excluding hydrogens is 482 g/mol. The fraction of sp³-hybridized carbons (Fsp3) is 0.207. The SMILES string of the molecule is COc1cccc(-n2c(C)cc([C@H]3[C@H](c4ccccn4)NC(=S)N3c3ccc(NC(C)=O)cc3)c2C)c1. The smallest absolute Gasteiger partial charge is 0.221 e. The molecule has 2 aromatic heterocycles. The van der Waals surface area contributed by atoms with E-state index in [0.29, 0.717) is 5.11 Å². The maximum atomic E-state index is 11.5. The van der Waals surface area contributed by atoms with Crippen molar-refractivity contribution >= 4 is 34.6 Å². The average molecular weight is 512 g/mol. The van der Waals surface area contributed by atoms with Crippen LogP contribution in [-0.4, -0.2) is 27.7 Å². The molecule has 0 bridgehead atoms. The number of amides is 1. The van der Waals surface area contributed by atoms with Gasteiger partial charge in [0.25, 0.3) is 0 Å². The summed E-state index contributed by atoms with van der Waals surface area (Å²) in [6, 6.07) is 23.7. The first-order chi connectivity index (χ1) is 17.9. The molecule has 1 fully saturated rings. The molecule has 188 valence electrons. The normalized spacial score (nSPS) is 17.0. The van der Waals surface area contributed by atoms with Crippen molar-refractivity contribution in [2.75, 3.05) is 17.3 Å². The van der Waals surface area contributed by atoms with E-state index in [4.69, 9.17) is 17.0 Å². The predicted molar refractivity (Wildman–Crippen MR) is 150 cm³/mol. The Morgan fingerprint density at radius 3 is 2.49 bits per heavy atom. The summed E-state index contributed by atoms with van der Waals surface area (Å²) >= 11 is 5.88. The minimum absolute atomic E-state index is 0.107. The van der Waals surface area contributed by atoms with E-state index in [1.807, 2.05) is 66.9 Å². The Hall–Kier alpha value is -4.17. The number of methoxy groups -OCH3 is 1. The molecule has 37 heavy (non-hydrogen) atoms. The van der Waals surface area contributed by atoms with E-state index in [1.165, 1.54) is 6.92 Å². The lowest BCUT2D eigenvalue weighted by atomic mass is 9.96. The molecule has 7 nitrogen and oxygen atoms in total. The maximum absolute atomic E-state index is 11.5. The summed E-state index contributed by atoms with van der Waals surface area (Å²) in [5.74, 6) is 0.701. The van der Waals surface area contributed by atoms with Gasteiger partial charge >= 0.3 is 0 Å². The first-order valence-electron chi connectivity index (χ1n) is 12.1. The first kappa shape index (κ1) is 24.5. The van der Waals surface area contributed by atoms with Crippen molar-refractivity contribution in [3.05, 3.63) is 102 Å². The number of hydrogen-bond donors (Lipinski definition) is 2. The van der Waals surface area contributed by atoms with Crippen LogP contribution in [0.3, 0.4) is 0 Å². The second-order valence-electron chi connectivity index (χ2n) is 9.09. The second kappa shape index (κ2) is 10.1. The van der Waals surface area contributed by atoms with Gasteiger partial charge in [-0.1, -0.05) is 12.1 Å². The van der Waals surface area contributed by atoms with Gasteiger partial charge in [-0.15, -0.1) is 0 Å². The van der Waals surface area contributed by atoms with Gasteiger partial charge in [0.1, 0.15) is 5.75 Å². The minimum atomic E-state index is -0.150. The van der Waals surface area contributed by atoms with Crippen LogP contribution < -0.4 is 20.3 Å². The number of hydrogen-bond acceptors (Lipinski definition) is 4. The van der Waals surface area contributed by atoms with E-state index >= 15 is 0 Å². The van der Waals surface area contributed by atoms with Crippen LogP contribution in [0.25, 0.3) is 5.69 Å². The molecule has 0 radical (unpaired) electrons. The fourth-order valence-electron chi connectivity index (χ4n) is 5.09. The van der Waals surface area contributed by atoms with Crippen LogP contribution in [0.4, 0.5) is 11.4 Å². The number of benzene rings is 2. The Kier molecular flexibility index (Phi) is 6.67. The van der Waals surface area contributed by atoms with Gasteiger partial charge in [-0.25, -0.2) is 0 Å². The number of thiocarbonyl (C=S) groups is 1. The summed E-state index contributed by atoms with van der Waals surface area (Å²) in [4.78, 5) is 18.3. The van der Waals surface area contributed by atoms with Crippen molar-refractivity contribution in [3.8, 4) is 11.4 Å². The molecule has 3 heterocycles. The predicted octanol–water partition coefficient (Wildman–Crippen LogP) is 5.63. The highest BCUT2D eigenvalue weighted by molar-refractivity contribution is 7.80. The molecule has 8 heteroatoms. The second-order valence-corrected chi connectivity index (χ2v) is 9.47. The van der Waals surface area contributed by atoms with E-state index in [2.05, 4.69) is 51.1 Å². The molecule has 0 unspecified atom stereocenters. The molecule has 1 aliphatic heterocycles. The molecule has 2 aromatic carbocycles. The number of aryl methyl sites for hydroxylation is 1. The molecule has 1 saturated heterocycles. The monoisotopic (exact) mass is 511 g/mol. The van der Waals surface area contributed by atoms with Crippen LogP contribution in [0.5, 0.6) is 5.75 Å². The Bertz CT molecular complexity index is 1450. The van der Waals surface area contributed by atoms with Crippen LogP contribution in [0.1, 0.15) is 41.7 Å². The molecular formula is C29H29N5O2S. The van der Waals surface area contributed by atoms with E-state index in [0.717, 1.165) is 45.5 Å². The third-order valence-corrected chi connectivity index (χ3v) is 6.98. The average Bonchev–Trinajstić information content (AvgIpc) is 3.39. The van der Waals surface area contributed by atoms with Crippen LogP contribution >= 0.6 is 12.2 Å². The molecule has 0 aliphatic carbocycles. The zero-order valence-electron chi connectivity index (χ0n) is 21.2. The zero-order valence-corrected chi connectivity index (χ0v) is 22.0. The van der Waals surface area contributed by atoms with Crippen molar-refractivity contribution in [2.45, 2.75) is 32.9 Å². The number of carbonyl (C=O) groups is 1. The van der Waals surface area contributed by atoms with Crippen LogP contribution in [-0.2, 0) is 4.79 Å². The number of nitrogens with one attached hydrogen (secondary N) is 2. The summed E-state index contributed by atoms with van der Waals surface area (Å²) in [6.07, 6.45) is 1.81. The van der Waals surface area contributed by atoms with Crippen molar-refractivity contribution in [1.82, 2.24) is 14.9 Å². The molecule has 5 rings (SSSR count). The topological polar surface area (TPSA) is 71.4 Å². The van der Waals surface area contributed by atoms with Gasteiger partial charge in [-0.2, -0.15) is 0 Å². The standard InChI is InChI=1S/C29H29N5O2S/c1-18-16-25(19(2)33(18)23-8-7-9-24(17-23)36-4)28-27(26-10-5-6-15-30-26)32-29(37)34(28)22-13-11-21(12-14-22)31-20(3)35/h5-17,27-28H,1-4H3,(H,31,35)(H,32,37)/t27-,28-/m0/s1. The molecule has 1 amide bonds. The Morgan fingerprint density at radius 1 is 1.03 bits per heavy atom. The van der Waals surface area contributed by atoms with Gasteiger partial charge in [-0.05, 0) is 86.2 Å². The summed E-state index contributed by atoms with van der Waals surface area (Å²) in [7, 11) is 1.68. The van der Waals surface area contributed by atoms with Gasteiger partial charge in [0.2, 0.25) is 5.91 Å². The first-order valence-corrected chi connectivity index (χ1v) is 12.5. The Labute approximate surface area is 222 Å². The number of ether oxygens (including phenoxy) is 1. The van der Waals surface area contributed by atoms with Gasteiger partial charge in [0, 0.05) is 47.6 Å². The van der Waals surface area contributed by atoms with Crippen molar-refractivity contribution in [1.29, 1.82) is 0 Å². The quantitative estimate of drug-likeness (QED) is 0.327. The van der Waals surface area contributed by atoms with E-state index < -0.39 is 0 Å². The highest BCUT2D eigenvalue weighted by Crippen LogP contribution is 2.44. The van der Waals surface area contributed by atoms with Crippen LogP contribution in [0.15, 0.2) is 79.0 Å². The number of aromatic nitrogens is 2. The van der Waals surface area contributed by atoms with E-state index in [1.54, 1.807) is 7.11 Å². The molecule has 1 aliphatic rings. The summed E-state index contributed by atoms with van der Waals surface area (Å²) < 4.78 is 7.72. The summed E-state index contributed by atoms with van der Waals surface area (Å²) in [5, 5.41) is 6.98. The van der Waals surface area contributed by atoms with Crippen LogP contribution in [0, 0.1) is 13.8 Å². The molecule has 4 aromatic rings. The largest absolute Gasteiger partial charge is 0.497 e. The van der Waals surface area contributed by atoms with Gasteiger partial charge in [-0.3, -0.25) is 9.78 Å². The van der Waals surface area contributed by atoms with Crippen molar-refractivity contribution < 1.29 is 9.53 Å². The van der Waals surface area contributed by atoms with Crippen molar-refractivity contribution in [3.63, 3.8) is 0 Å². The number of pyridine rings is 1. The molecule has 2 N–H and O–H groups in total. The van der Waals surface area contributed by atoms with Gasteiger partial charge in [0.15, 0.2) is 5.11 Å². The number of anilines is 2. The highest BCUT2D eigenvalue weighted by atomic mass is 32.1. The third kappa shape index (κ3) is 4.68. The fourth-order valence-corrected chi connectivity index (χ4v) is 5.44. The maximum Gasteiger partial charge on any atom is 0.221 e. The lowest BCUT2D eigenvalue weighted by Gasteiger charge is -2.28. The number of rotatable bonds is 6. The molecule has 0 spiro atoms. The highest BCUT2D eigenvalue weighted by Gasteiger charge is 2.42. The molecule has 2 atom stereocenters. The van der Waals surface area contributed by atoms with Crippen LogP contribution in [0.2, 0.25) is 0 Å². The third-order valence-electron chi connectivity index (χ3n) is 6.66. The summed E-state index contributed by atoms with van der Waals surface area (Å²) in [5.41, 5.74) is 6.99. The lowest BCUT2D eigenvalue weighted by Crippen LogP contribution is -2.29. The van der Waals surface area contributed by atoms with Gasteiger partial charge < -0.3 is 24.8 Å². The Balaban J connectivity index is 1.63. The minimum Gasteiger partial charge on any atom is -0.497 e. The number of carbonyl (C=O) groups excluding carboxylic acids is 1. The van der Waals surface area contributed by atoms with Crippen molar-refractivity contribution in [2.24, 2.45) is 0 Å². The lowest BCUT2D eigenvalue weighted by molar-refractivity contribution is -0.114. The van der Waals surface area contributed by atoms with E-state index in [9.17, 15) is 4.79 Å². The van der Waals surface area contributed by atoms with E-state index in [-0.39, 0.29) is 18.0 Å². The zero-order chi connectivity index (χ0) is 26.1.